The molecular weight excluding hydrogens is 364 g/mol. The molecule has 3 N–H and O–H groups in total. The summed E-state index contributed by atoms with van der Waals surface area (Å²) in [5.41, 5.74) is 8.12. The number of benzene rings is 1. The molecule has 0 bridgehead atoms. The molecule has 0 atom stereocenters. The van der Waals surface area contributed by atoms with E-state index in [0.29, 0.717) is 11.5 Å². The van der Waals surface area contributed by atoms with Crippen molar-refractivity contribution in [2.75, 3.05) is 5.32 Å². The first-order chi connectivity index (χ1) is 13.0. The van der Waals surface area contributed by atoms with Crippen molar-refractivity contribution in [1.82, 2.24) is 19.6 Å². The normalized spacial score (nSPS) is 10.9. The van der Waals surface area contributed by atoms with Crippen LogP contribution < -0.4 is 11.1 Å². The molecule has 0 aliphatic carbocycles. The van der Waals surface area contributed by atoms with Gasteiger partial charge < -0.3 is 11.1 Å². The SMILES string of the molecule is Cc1cc(-c2ccccc2)nc2nc(C(=O)Nc3ccsc3C(N)=O)nn12. The highest BCUT2D eigenvalue weighted by atomic mass is 32.1. The Hall–Kier alpha value is -3.59. The summed E-state index contributed by atoms with van der Waals surface area (Å²) in [6.07, 6.45) is 0. The van der Waals surface area contributed by atoms with E-state index in [1.165, 1.54) is 4.52 Å². The van der Waals surface area contributed by atoms with Crippen molar-refractivity contribution in [3.05, 3.63) is 64.2 Å². The van der Waals surface area contributed by atoms with Crippen molar-refractivity contribution in [1.29, 1.82) is 0 Å². The molecule has 0 saturated heterocycles. The molecule has 3 heterocycles. The van der Waals surface area contributed by atoms with Gasteiger partial charge in [0.1, 0.15) is 4.88 Å². The lowest BCUT2D eigenvalue weighted by Gasteiger charge is -2.03. The third-order valence-corrected chi connectivity index (χ3v) is 4.83. The Bertz CT molecular complexity index is 1170. The Labute approximate surface area is 157 Å². The van der Waals surface area contributed by atoms with Gasteiger partial charge in [0, 0.05) is 11.3 Å². The average molecular weight is 378 g/mol. The van der Waals surface area contributed by atoms with E-state index >= 15 is 0 Å². The zero-order valence-electron chi connectivity index (χ0n) is 14.2. The van der Waals surface area contributed by atoms with Gasteiger partial charge in [0.15, 0.2) is 0 Å². The van der Waals surface area contributed by atoms with Crippen molar-refractivity contribution >= 4 is 34.6 Å². The van der Waals surface area contributed by atoms with Gasteiger partial charge in [0.05, 0.1) is 11.4 Å². The third-order valence-electron chi connectivity index (χ3n) is 3.90. The summed E-state index contributed by atoms with van der Waals surface area (Å²) >= 11 is 1.15. The summed E-state index contributed by atoms with van der Waals surface area (Å²) in [5, 5.41) is 8.51. The van der Waals surface area contributed by atoms with Crippen LogP contribution in [0.4, 0.5) is 5.69 Å². The predicted octanol–water partition coefficient (Wildman–Crippen LogP) is 2.51. The number of primary amides is 1. The number of anilines is 1. The maximum atomic E-state index is 12.5. The molecule has 134 valence electrons. The number of aryl methyl sites for hydroxylation is 1. The summed E-state index contributed by atoms with van der Waals surface area (Å²) in [4.78, 5) is 32.9. The Morgan fingerprint density at radius 1 is 1.15 bits per heavy atom. The van der Waals surface area contributed by atoms with Crippen LogP contribution in [-0.2, 0) is 0 Å². The molecule has 0 saturated carbocycles. The van der Waals surface area contributed by atoms with Crippen LogP contribution in [0.5, 0.6) is 0 Å². The lowest BCUT2D eigenvalue weighted by Crippen LogP contribution is -2.17. The number of aromatic nitrogens is 4. The molecule has 3 aromatic heterocycles. The topological polar surface area (TPSA) is 115 Å². The second kappa shape index (κ2) is 6.61. The largest absolute Gasteiger partial charge is 0.365 e. The Kier molecular flexibility index (Phi) is 4.13. The number of rotatable bonds is 4. The number of nitrogens with zero attached hydrogens (tertiary/aromatic N) is 4. The van der Waals surface area contributed by atoms with Crippen LogP contribution in [0.15, 0.2) is 47.8 Å². The van der Waals surface area contributed by atoms with E-state index in [1.807, 2.05) is 43.3 Å². The fourth-order valence-electron chi connectivity index (χ4n) is 2.64. The van der Waals surface area contributed by atoms with Crippen LogP contribution in [-0.4, -0.2) is 31.4 Å². The molecule has 9 heteroatoms. The molecule has 0 fully saturated rings. The highest BCUT2D eigenvalue weighted by molar-refractivity contribution is 7.12. The predicted molar refractivity (Wildman–Crippen MR) is 102 cm³/mol. The molecular formula is C18H14N6O2S. The maximum absolute atomic E-state index is 12.5. The summed E-state index contributed by atoms with van der Waals surface area (Å²) < 4.78 is 1.50. The molecule has 4 aromatic rings. The van der Waals surface area contributed by atoms with Gasteiger partial charge in [-0.05, 0) is 24.4 Å². The van der Waals surface area contributed by atoms with Crippen molar-refractivity contribution < 1.29 is 9.59 Å². The zero-order chi connectivity index (χ0) is 19.0. The molecule has 2 amide bonds. The standard InChI is InChI=1S/C18H14N6O2S/c1-10-9-13(11-5-3-2-4-6-11)21-18-22-16(23-24(10)18)17(26)20-12-7-8-27-14(12)15(19)25/h2-9H,1H3,(H2,19,25)(H,20,26). The minimum absolute atomic E-state index is 0.0440. The Balaban J connectivity index is 1.69. The fraction of sp³-hybridized carbons (Fsp3) is 0.0556. The van der Waals surface area contributed by atoms with Crippen molar-refractivity contribution in [3.8, 4) is 11.3 Å². The number of carbonyl (C=O) groups is 2. The number of hydrogen-bond donors (Lipinski definition) is 2. The van der Waals surface area contributed by atoms with Crippen LogP contribution >= 0.6 is 11.3 Å². The average Bonchev–Trinajstić information content (AvgIpc) is 3.29. The highest BCUT2D eigenvalue weighted by Crippen LogP contribution is 2.22. The second-order valence-corrected chi connectivity index (χ2v) is 6.69. The summed E-state index contributed by atoms with van der Waals surface area (Å²) in [6.45, 7) is 1.86. The van der Waals surface area contributed by atoms with E-state index in [4.69, 9.17) is 5.73 Å². The summed E-state index contributed by atoms with van der Waals surface area (Å²) in [5.74, 6) is -0.868. The van der Waals surface area contributed by atoms with E-state index in [1.54, 1.807) is 11.4 Å². The summed E-state index contributed by atoms with van der Waals surface area (Å²) in [7, 11) is 0. The Morgan fingerprint density at radius 3 is 2.67 bits per heavy atom. The number of thiophene rings is 1. The number of nitrogens with two attached hydrogens (primary N) is 1. The molecule has 27 heavy (non-hydrogen) atoms. The molecule has 0 unspecified atom stereocenters. The fourth-order valence-corrected chi connectivity index (χ4v) is 3.34. The van der Waals surface area contributed by atoms with Gasteiger partial charge in [-0.2, -0.15) is 4.98 Å². The van der Waals surface area contributed by atoms with E-state index in [-0.39, 0.29) is 10.7 Å². The van der Waals surface area contributed by atoms with Gasteiger partial charge in [0.2, 0.25) is 5.82 Å². The zero-order valence-corrected chi connectivity index (χ0v) is 15.0. The van der Waals surface area contributed by atoms with E-state index in [2.05, 4.69) is 20.4 Å². The monoisotopic (exact) mass is 378 g/mol. The first-order valence-electron chi connectivity index (χ1n) is 8.01. The molecule has 0 radical (unpaired) electrons. The molecule has 0 aliphatic rings. The molecule has 1 aromatic carbocycles. The Morgan fingerprint density at radius 2 is 1.93 bits per heavy atom. The van der Waals surface area contributed by atoms with Crippen LogP contribution in [0.3, 0.4) is 0 Å². The van der Waals surface area contributed by atoms with Crippen molar-refractivity contribution in [2.45, 2.75) is 6.92 Å². The van der Waals surface area contributed by atoms with Gasteiger partial charge in [-0.15, -0.1) is 16.4 Å². The van der Waals surface area contributed by atoms with Gasteiger partial charge in [0.25, 0.3) is 17.6 Å². The quantitative estimate of drug-likeness (QED) is 0.566. The van der Waals surface area contributed by atoms with E-state index in [0.717, 1.165) is 28.3 Å². The number of hydrogen-bond acceptors (Lipinski definition) is 6. The molecule has 4 rings (SSSR count). The summed E-state index contributed by atoms with van der Waals surface area (Å²) in [6, 6.07) is 13.2. The number of amides is 2. The van der Waals surface area contributed by atoms with E-state index in [9.17, 15) is 9.59 Å². The maximum Gasteiger partial charge on any atom is 0.295 e. The van der Waals surface area contributed by atoms with Crippen LogP contribution in [0.1, 0.15) is 26.0 Å². The van der Waals surface area contributed by atoms with E-state index < -0.39 is 11.8 Å². The minimum Gasteiger partial charge on any atom is -0.365 e. The van der Waals surface area contributed by atoms with Crippen LogP contribution in [0, 0.1) is 6.92 Å². The van der Waals surface area contributed by atoms with Gasteiger partial charge in [-0.3, -0.25) is 9.59 Å². The lowest BCUT2D eigenvalue weighted by atomic mass is 10.1. The molecule has 8 nitrogen and oxygen atoms in total. The first kappa shape index (κ1) is 16.9. The lowest BCUT2D eigenvalue weighted by molar-refractivity contribution is 0.100. The molecule has 0 spiro atoms. The van der Waals surface area contributed by atoms with Crippen molar-refractivity contribution in [3.63, 3.8) is 0 Å². The van der Waals surface area contributed by atoms with Crippen LogP contribution in [0.25, 0.3) is 17.0 Å². The number of fused-ring (bicyclic) bond motifs is 1. The number of carbonyl (C=O) groups excluding carboxylic acids is 2. The number of nitrogens with one attached hydrogen (secondary N) is 1. The van der Waals surface area contributed by atoms with Gasteiger partial charge in [-0.25, -0.2) is 9.50 Å². The third kappa shape index (κ3) is 3.15. The first-order valence-corrected chi connectivity index (χ1v) is 8.89. The minimum atomic E-state index is -0.603. The molecule has 0 aliphatic heterocycles. The van der Waals surface area contributed by atoms with Gasteiger partial charge >= 0.3 is 0 Å². The van der Waals surface area contributed by atoms with Gasteiger partial charge in [-0.1, -0.05) is 30.3 Å². The highest BCUT2D eigenvalue weighted by Gasteiger charge is 2.19. The second-order valence-electron chi connectivity index (χ2n) is 5.78. The smallest absolute Gasteiger partial charge is 0.295 e. The van der Waals surface area contributed by atoms with Crippen molar-refractivity contribution in [2.24, 2.45) is 5.73 Å². The van der Waals surface area contributed by atoms with Crippen LogP contribution in [0.2, 0.25) is 0 Å².